The molecule has 0 unspecified atom stereocenters. The Morgan fingerprint density at radius 1 is 1.37 bits per heavy atom. The van der Waals surface area contributed by atoms with Crippen molar-refractivity contribution in [2.24, 2.45) is 0 Å². The number of hydrogen-bond acceptors (Lipinski definition) is 2. The maximum Gasteiger partial charge on any atom is 0.416 e. The van der Waals surface area contributed by atoms with Gasteiger partial charge in [-0.05, 0) is 31.0 Å². The molecule has 0 aliphatic heterocycles. The molecule has 0 radical (unpaired) electrons. The lowest BCUT2D eigenvalue weighted by Crippen LogP contribution is -2.25. The molecule has 0 spiro atoms. The molecule has 0 atom stereocenters. The van der Waals surface area contributed by atoms with Crippen LogP contribution in [-0.4, -0.2) is 12.5 Å². The van der Waals surface area contributed by atoms with Gasteiger partial charge in [0.25, 0.3) is 5.91 Å². The third-order valence-corrected chi connectivity index (χ3v) is 2.42. The van der Waals surface area contributed by atoms with Gasteiger partial charge in [-0.15, -0.1) is 6.58 Å². The standard InChI is InChI=1S/C13H15F3N2O/c1-2-3-4-5-18-12(19)9-6-10(13(14,15)16)8-11(17)7-9/h2,6-8H,1,3-5,17H2,(H,18,19). The molecule has 0 bridgehead atoms. The zero-order valence-corrected chi connectivity index (χ0v) is 10.3. The number of benzene rings is 1. The highest BCUT2D eigenvalue weighted by atomic mass is 19.4. The molecule has 1 rings (SSSR count). The first-order valence-corrected chi connectivity index (χ1v) is 5.71. The third-order valence-electron chi connectivity index (χ3n) is 2.42. The molecule has 3 nitrogen and oxygen atoms in total. The van der Waals surface area contributed by atoms with Crippen molar-refractivity contribution in [1.82, 2.24) is 5.32 Å². The maximum absolute atomic E-state index is 12.6. The lowest BCUT2D eigenvalue weighted by atomic mass is 10.1. The number of halogens is 3. The monoisotopic (exact) mass is 272 g/mol. The number of amides is 1. The molecular weight excluding hydrogens is 257 g/mol. The van der Waals surface area contributed by atoms with E-state index in [0.29, 0.717) is 13.0 Å². The summed E-state index contributed by atoms with van der Waals surface area (Å²) in [5, 5.41) is 2.53. The van der Waals surface area contributed by atoms with Gasteiger partial charge in [-0.25, -0.2) is 0 Å². The van der Waals surface area contributed by atoms with Gasteiger partial charge in [0.1, 0.15) is 0 Å². The van der Waals surface area contributed by atoms with Gasteiger partial charge in [0.2, 0.25) is 0 Å². The summed E-state index contributed by atoms with van der Waals surface area (Å²) in [5.74, 6) is -0.568. The Kier molecular flexibility index (Phi) is 4.97. The zero-order valence-electron chi connectivity index (χ0n) is 10.3. The lowest BCUT2D eigenvalue weighted by molar-refractivity contribution is -0.137. The van der Waals surface area contributed by atoms with E-state index in [2.05, 4.69) is 11.9 Å². The van der Waals surface area contributed by atoms with Crippen molar-refractivity contribution in [2.75, 3.05) is 12.3 Å². The van der Waals surface area contributed by atoms with E-state index in [1.165, 1.54) is 6.07 Å². The van der Waals surface area contributed by atoms with Crippen molar-refractivity contribution in [3.63, 3.8) is 0 Å². The van der Waals surface area contributed by atoms with Crippen LogP contribution in [0.4, 0.5) is 18.9 Å². The van der Waals surface area contributed by atoms with E-state index in [1.807, 2.05) is 0 Å². The van der Waals surface area contributed by atoms with Crippen molar-refractivity contribution < 1.29 is 18.0 Å². The highest BCUT2D eigenvalue weighted by Gasteiger charge is 2.31. The Bertz CT molecular complexity index is 469. The van der Waals surface area contributed by atoms with Crippen molar-refractivity contribution in [3.8, 4) is 0 Å². The number of carbonyl (C=O) groups excluding carboxylic acids is 1. The quantitative estimate of drug-likeness (QED) is 0.492. The Labute approximate surface area is 109 Å². The van der Waals surface area contributed by atoms with Gasteiger partial charge in [0, 0.05) is 17.8 Å². The summed E-state index contributed by atoms with van der Waals surface area (Å²) in [7, 11) is 0. The van der Waals surface area contributed by atoms with E-state index in [4.69, 9.17) is 5.73 Å². The van der Waals surface area contributed by atoms with Crippen LogP contribution in [0.25, 0.3) is 0 Å². The largest absolute Gasteiger partial charge is 0.416 e. The van der Waals surface area contributed by atoms with Crippen molar-refractivity contribution in [2.45, 2.75) is 19.0 Å². The van der Waals surface area contributed by atoms with Crippen molar-refractivity contribution in [1.29, 1.82) is 0 Å². The van der Waals surface area contributed by atoms with E-state index in [1.54, 1.807) is 6.08 Å². The number of nitrogens with one attached hydrogen (secondary N) is 1. The fourth-order valence-electron chi connectivity index (χ4n) is 1.50. The van der Waals surface area contributed by atoms with Crippen LogP contribution in [0.1, 0.15) is 28.8 Å². The van der Waals surface area contributed by atoms with Crippen LogP contribution in [0.3, 0.4) is 0 Å². The Morgan fingerprint density at radius 3 is 2.63 bits per heavy atom. The second-order valence-electron chi connectivity index (χ2n) is 4.03. The summed E-state index contributed by atoms with van der Waals surface area (Å²) in [6, 6.07) is 2.81. The predicted molar refractivity (Wildman–Crippen MR) is 67.6 cm³/mol. The molecule has 1 aromatic carbocycles. The molecule has 1 amide bonds. The van der Waals surface area contributed by atoms with Gasteiger partial charge in [-0.1, -0.05) is 6.08 Å². The van der Waals surface area contributed by atoms with Crippen molar-refractivity contribution >= 4 is 11.6 Å². The number of carbonyl (C=O) groups is 1. The smallest absolute Gasteiger partial charge is 0.399 e. The summed E-state index contributed by atoms with van der Waals surface area (Å²) in [5.41, 5.74) is 4.27. The number of alkyl halides is 3. The van der Waals surface area contributed by atoms with Gasteiger partial charge in [-0.3, -0.25) is 4.79 Å². The molecule has 0 aromatic heterocycles. The second-order valence-corrected chi connectivity index (χ2v) is 4.03. The topological polar surface area (TPSA) is 55.1 Å². The number of nitrogens with two attached hydrogens (primary N) is 1. The number of unbranched alkanes of at least 4 members (excludes halogenated alkanes) is 1. The van der Waals surface area contributed by atoms with Crippen LogP contribution in [0.2, 0.25) is 0 Å². The average molecular weight is 272 g/mol. The van der Waals surface area contributed by atoms with E-state index >= 15 is 0 Å². The zero-order chi connectivity index (χ0) is 14.5. The fourth-order valence-corrected chi connectivity index (χ4v) is 1.50. The molecule has 6 heteroatoms. The molecule has 0 saturated carbocycles. The number of nitrogen functional groups attached to an aromatic ring is 1. The van der Waals surface area contributed by atoms with Crippen LogP contribution < -0.4 is 11.1 Å². The molecular formula is C13H15F3N2O. The normalized spacial score (nSPS) is 11.1. The molecule has 3 N–H and O–H groups in total. The van der Waals surface area contributed by atoms with E-state index in [9.17, 15) is 18.0 Å². The minimum Gasteiger partial charge on any atom is -0.399 e. The Balaban J connectivity index is 2.80. The number of rotatable bonds is 5. The van der Waals surface area contributed by atoms with Crippen LogP contribution >= 0.6 is 0 Å². The first kappa shape index (κ1) is 15.1. The Hall–Kier alpha value is -1.98. The van der Waals surface area contributed by atoms with Gasteiger partial charge in [-0.2, -0.15) is 13.2 Å². The first-order chi connectivity index (χ1) is 8.84. The van der Waals surface area contributed by atoms with Crippen LogP contribution in [0, 0.1) is 0 Å². The number of hydrogen-bond donors (Lipinski definition) is 2. The first-order valence-electron chi connectivity index (χ1n) is 5.71. The van der Waals surface area contributed by atoms with E-state index < -0.39 is 17.6 Å². The predicted octanol–water partition coefficient (Wildman–Crippen LogP) is 2.98. The van der Waals surface area contributed by atoms with Crippen LogP contribution in [-0.2, 0) is 6.18 Å². The van der Waals surface area contributed by atoms with Crippen molar-refractivity contribution in [3.05, 3.63) is 42.0 Å². The minimum atomic E-state index is -4.52. The maximum atomic E-state index is 12.6. The van der Waals surface area contributed by atoms with Gasteiger partial charge in [0.15, 0.2) is 0 Å². The summed E-state index contributed by atoms with van der Waals surface area (Å²) in [6.07, 6.45) is -1.41. The Morgan fingerprint density at radius 2 is 2.05 bits per heavy atom. The molecule has 104 valence electrons. The highest BCUT2D eigenvalue weighted by molar-refractivity contribution is 5.95. The van der Waals surface area contributed by atoms with Gasteiger partial charge in [0.05, 0.1) is 5.56 Å². The molecule has 0 aliphatic rings. The SMILES string of the molecule is C=CCCCNC(=O)c1cc(N)cc(C(F)(F)F)c1. The molecule has 0 aliphatic carbocycles. The summed E-state index contributed by atoms with van der Waals surface area (Å²) >= 11 is 0. The van der Waals surface area contributed by atoms with Crippen LogP contribution in [0.15, 0.2) is 30.9 Å². The van der Waals surface area contributed by atoms with Gasteiger partial charge < -0.3 is 11.1 Å². The highest BCUT2D eigenvalue weighted by Crippen LogP contribution is 2.31. The molecule has 19 heavy (non-hydrogen) atoms. The summed E-state index contributed by atoms with van der Waals surface area (Å²) in [6.45, 7) is 3.91. The molecule has 0 fully saturated rings. The van der Waals surface area contributed by atoms with Crippen LogP contribution in [0.5, 0.6) is 0 Å². The number of allylic oxidation sites excluding steroid dienone is 1. The second kappa shape index (κ2) is 6.26. The number of anilines is 1. The summed E-state index contributed by atoms with van der Waals surface area (Å²) in [4.78, 5) is 11.7. The van der Waals surface area contributed by atoms with E-state index in [-0.39, 0.29) is 11.3 Å². The molecule has 0 saturated heterocycles. The molecule has 0 heterocycles. The van der Waals surface area contributed by atoms with Gasteiger partial charge >= 0.3 is 6.18 Å². The third kappa shape index (κ3) is 4.65. The average Bonchev–Trinajstić information content (AvgIpc) is 2.32. The molecule has 1 aromatic rings. The fraction of sp³-hybridized carbons (Fsp3) is 0.308. The minimum absolute atomic E-state index is 0.0916. The van der Waals surface area contributed by atoms with E-state index in [0.717, 1.165) is 18.6 Å². The lowest BCUT2D eigenvalue weighted by Gasteiger charge is -2.10. The summed E-state index contributed by atoms with van der Waals surface area (Å²) < 4.78 is 37.7.